The highest BCUT2D eigenvalue weighted by atomic mass is 16.2. The van der Waals surface area contributed by atoms with E-state index in [1.165, 1.54) is 4.90 Å². The Morgan fingerprint density at radius 1 is 1.06 bits per heavy atom. The van der Waals surface area contributed by atoms with Gasteiger partial charge in [0.2, 0.25) is 5.91 Å². The lowest BCUT2D eigenvalue weighted by Crippen LogP contribution is -2.25. The number of amides is 1. The minimum atomic E-state index is -0.169. The lowest BCUT2D eigenvalue weighted by atomic mass is 10.2. The van der Waals surface area contributed by atoms with Crippen LogP contribution in [-0.2, 0) is 9.59 Å². The number of nitrogens with zero attached hydrogens (tertiary/aromatic N) is 2. The fourth-order valence-electron chi connectivity index (χ4n) is 2.00. The second kappa shape index (κ2) is 3.66. The molecule has 0 N–H and O–H groups in total. The van der Waals surface area contributed by atoms with Gasteiger partial charge in [-0.3, -0.25) is 14.5 Å². The van der Waals surface area contributed by atoms with Crippen molar-refractivity contribution in [2.75, 3.05) is 11.4 Å². The molecule has 0 atom stereocenters. The van der Waals surface area contributed by atoms with Gasteiger partial charge in [-0.1, -0.05) is 18.2 Å². The number of benzene rings is 1. The zero-order chi connectivity index (χ0) is 11.8. The molecule has 84 valence electrons. The van der Waals surface area contributed by atoms with Gasteiger partial charge in [-0.25, -0.2) is 4.98 Å². The summed E-state index contributed by atoms with van der Waals surface area (Å²) in [6.45, 7) is 0.143. The van der Waals surface area contributed by atoms with Crippen LogP contribution in [-0.4, -0.2) is 23.2 Å². The Balaban J connectivity index is 2.06. The maximum Gasteiger partial charge on any atom is 0.236 e. The van der Waals surface area contributed by atoms with Crippen LogP contribution in [0.5, 0.6) is 0 Å². The normalized spacial score (nSPS) is 15.9. The van der Waals surface area contributed by atoms with Crippen molar-refractivity contribution in [3.05, 3.63) is 36.4 Å². The highest BCUT2D eigenvalue weighted by molar-refractivity contribution is 6.14. The van der Waals surface area contributed by atoms with Crippen molar-refractivity contribution in [1.82, 2.24) is 4.98 Å². The van der Waals surface area contributed by atoms with Gasteiger partial charge in [0.15, 0.2) is 5.78 Å². The molecular formula is C13H10N2O2. The number of carbonyl (C=O) groups is 2. The summed E-state index contributed by atoms with van der Waals surface area (Å²) in [7, 11) is 0. The summed E-state index contributed by atoms with van der Waals surface area (Å²) in [6, 6.07) is 11.4. The van der Waals surface area contributed by atoms with Crippen molar-refractivity contribution in [1.29, 1.82) is 0 Å². The van der Waals surface area contributed by atoms with E-state index in [2.05, 4.69) is 4.98 Å². The van der Waals surface area contributed by atoms with Gasteiger partial charge >= 0.3 is 0 Å². The van der Waals surface area contributed by atoms with Crippen molar-refractivity contribution < 1.29 is 9.59 Å². The molecule has 0 spiro atoms. The standard InChI is InChI=1S/C13H10N2O2/c16-10-7-13(17)15(8-10)12-6-5-9-3-1-2-4-11(9)14-12/h1-6H,7-8H2. The van der Waals surface area contributed by atoms with E-state index in [0.29, 0.717) is 5.82 Å². The molecule has 0 saturated carbocycles. The maximum atomic E-state index is 11.6. The number of pyridine rings is 1. The molecule has 1 aromatic heterocycles. The number of Topliss-reactive ketones (excluding diaryl/α,β-unsaturated/α-hetero) is 1. The number of ketones is 1. The minimum Gasteiger partial charge on any atom is -0.297 e. The lowest BCUT2D eigenvalue weighted by Gasteiger charge is -2.13. The van der Waals surface area contributed by atoms with Crippen LogP contribution in [0.4, 0.5) is 5.82 Å². The first-order valence-corrected chi connectivity index (χ1v) is 5.42. The summed E-state index contributed by atoms with van der Waals surface area (Å²) >= 11 is 0. The number of aromatic nitrogens is 1. The Hall–Kier alpha value is -2.23. The van der Waals surface area contributed by atoms with Gasteiger partial charge < -0.3 is 0 Å². The Morgan fingerprint density at radius 3 is 2.65 bits per heavy atom. The Labute approximate surface area is 97.9 Å². The predicted octanol–water partition coefficient (Wildman–Crippen LogP) is 1.54. The molecule has 1 aliphatic rings. The number of fused-ring (bicyclic) bond motifs is 1. The fourth-order valence-corrected chi connectivity index (χ4v) is 2.00. The summed E-state index contributed by atoms with van der Waals surface area (Å²) in [5.41, 5.74) is 0.831. The minimum absolute atomic E-state index is 0.00545. The third-order valence-electron chi connectivity index (χ3n) is 2.84. The first-order valence-electron chi connectivity index (χ1n) is 5.42. The van der Waals surface area contributed by atoms with Crippen LogP contribution < -0.4 is 4.90 Å². The first-order chi connectivity index (χ1) is 8.24. The summed E-state index contributed by atoms with van der Waals surface area (Å²) in [6.07, 6.45) is -0.00545. The summed E-state index contributed by atoms with van der Waals surface area (Å²) < 4.78 is 0. The molecular weight excluding hydrogens is 216 g/mol. The number of para-hydroxylation sites is 1. The second-order valence-corrected chi connectivity index (χ2v) is 4.06. The predicted molar refractivity (Wildman–Crippen MR) is 63.7 cm³/mol. The molecule has 3 rings (SSSR count). The molecule has 0 bridgehead atoms. The molecule has 4 heteroatoms. The van der Waals surface area contributed by atoms with E-state index in [-0.39, 0.29) is 24.7 Å². The molecule has 2 heterocycles. The molecule has 1 fully saturated rings. The van der Waals surface area contributed by atoms with Gasteiger partial charge in [0.1, 0.15) is 5.82 Å². The quantitative estimate of drug-likeness (QED) is 0.693. The van der Waals surface area contributed by atoms with Crippen LogP contribution in [0.2, 0.25) is 0 Å². The lowest BCUT2D eigenvalue weighted by molar-refractivity contribution is -0.121. The Bertz CT molecular complexity index is 622. The van der Waals surface area contributed by atoms with Crippen molar-refractivity contribution in [2.24, 2.45) is 0 Å². The average molecular weight is 226 g/mol. The molecule has 17 heavy (non-hydrogen) atoms. The van der Waals surface area contributed by atoms with Crippen molar-refractivity contribution >= 4 is 28.4 Å². The smallest absolute Gasteiger partial charge is 0.236 e. The van der Waals surface area contributed by atoms with Crippen LogP contribution in [0.15, 0.2) is 36.4 Å². The summed E-state index contributed by atoms with van der Waals surface area (Å²) in [4.78, 5) is 28.6. The number of anilines is 1. The number of rotatable bonds is 1. The molecule has 1 amide bonds. The second-order valence-electron chi connectivity index (χ2n) is 4.06. The van der Waals surface area contributed by atoms with Crippen LogP contribution in [0.1, 0.15) is 6.42 Å². The number of hydrogen-bond donors (Lipinski definition) is 0. The van der Waals surface area contributed by atoms with Crippen LogP contribution >= 0.6 is 0 Å². The molecule has 0 aliphatic carbocycles. The first kappa shape index (κ1) is 9.96. The highest BCUT2D eigenvalue weighted by Gasteiger charge is 2.29. The topological polar surface area (TPSA) is 50.3 Å². The van der Waals surface area contributed by atoms with Gasteiger partial charge in [-0.2, -0.15) is 0 Å². The van der Waals surface area contributed by atoms with Crippen LogP contribution in [0, 0.1) is 0 Å². The molecule has 1 saturated heterocycles. The van der Waals surface area contributed by atoms with Crippen LogP contribution in [0.25, 0.3) is 10.9 Å². The summed E-state index contributed by atoms with van der Waals surface area (Å²) in [5.74, 6) is 0.335. The van der Waals surface area contributed by atoms with Gasteiger partial charge in [0.25, 0.3) is 0 Å². The van der Waals surface area contributed by atoms with Gasteiger partial charge in [-0.05, 0) is 18.2 Å². The van der Waals surface area contributed by atoms with E-state index in [9.17, 15) is 9.59 Å². The van der Waals surface area contributed by atoms with Crippen LogP contribution in [0.3, 0.4) is 0 Å². The Morgan fingerprint density at radius 2 is 1.88 bits per heavy atom. The average Bonchev–Trinajstić information content (AvgIpc) is 2.68. The van der Waals surface area contributed by atoms with E-state index in [0.717, 1.165) is 10.9 Å². The number of hydrogen-bond acceptors (Lipinski definition) is 3. The van der Waals surface area contributed by atoms with E-state index in [4.69, 9.17) is 0 Å². The SMILES string of the molecule is O=C1CC(=O)N(c2ccc3ccccc3n2)C1. The number of carbonyl (C=O) groups excluding carboxylic acids is 2. The van der Waals surface area contributed by atoms with Gasteiger partial charge in [0, 0.05) is 5.39 Å². The highest BCUT2D eigenvalue weighted by Crippen LogP contribution is 2.21. The Kier molecular flexibility index (Phi) is 2.14. The van der Waals surface area contributed by atoms with E-state index in [1.807, 2.05) is 30.3 Å². The monoisotopic (exact) mass is 226 g/mol. The van der Waals surface area contributed by atoms with Gasteiger partial charge in [-0.15, -0.1) is 0 Å². The van der Waals surface area contributed by atoms with Crippen molar-refractivity contribution in [2.45, 2.75) is 6.42 Å². The van der Waals surface area contributed by atoms with Gasteiger partial charge in [0.05, 0.1) is 18.5 Å². The summed E-state index contributed by atoms with van der Waals surface area (Å²) in [5, 5.41) is 1.02. The van der Waals surface area contributed by atoms with E-state index >= 15 is 0 Å². The maximum absolute atomic E-state index is 11.6. The fraction of sp³-hybridized carbons (Fsp3) is 0.154. The molecule has 1 aliphatic heterocycles. The molecule has 0 unspecified atom stereocenters. The molecule has 2 aromatic rings. The van der Waals surface area contributed by atoms with E-state index in [1.54, 1.807) is 6.07 Å². The largest absolute Gasteiger partial charge is 0.297 e. The zero-order valence-corrected chi connectivity index (χ0v) is 9.09. The van der Waals surface area contributed by atoms with E-state index < -0.39 is 0 Å². The third-order valence-corrected chi connectivity index (χ3v) is 2.84. The zero-order valence-electron chi connectivity index (χ0n) is 9.09. The molecule has 4 nitrogen and oxygen atoms in total. The third kappa shape index (κ3) is 1.67. The van der Waals surface area contributed by atoms with Crippen molar-refractivity contribution in [3.8, 4) is 0 Å². The van der Waals surface area contributed by atoms with Crippen molar-refractivity contribution in [3.63, 3.8) is 0 Å². The molecule has 1 aromatic carbocycles. The molecule has 0 radical (unpaired) electrons.